The molecule has 3 aromatic rings. The first-order chi connectivity index (χ1) is 15.0. The van der Waals surface area contributed by atoms with Crippen LogP contribution in [0, 0.1) is 0 Å². The monoisotopic (exact) mass is 420 g/mol. The van der Waals surface area contributed by atoms with Crippen molar-refractivity contribution in [3.8, 4) is 0 Å². The number of aromatic nitrogens is 4. The molecule has 0 bridgehead atoms. The van der Waals surface area contributed by atoms with Crippen LogP contribution in [0.3, 0.4) is 0 Å². The first-order valence-electron chi connectivity index (χ1n) is 10.1. The Morgan fingerprint density at radius 3 is 2.74 bits per heavy atom. The number of amides is 2. The van der Waals surface area contributed by atoms with Crippen LogP contribution >= 0.6 is 0 Å². The Morgan fingerprint density at radius 2 is 1.97 bits per heavy atom. The van der Waals surface area contributed by atoms with Crippen molar-refractivity contribution >= 4 is 34.5 Å². The summed E-state index contributed by atoms with van der Waals surface area (Å²) < 4.78 is 0. The normalized spacial score (nSPS) is 14.4. The lowest BCUT2D eigenvalue weighted by Gasteiger charge is -2.31. The summed E-state index contributed by atoms with van der Waals surface area (Å²) in [5, 5.41) is 7.07. The predicted molar refractivity (Wildman–Crippen MR) is 116 cm³/mol. The van der Waals surface area contributed by atoms with Crippen molar-refractivity contribution < 1.29 is 9.59 Å². The van der Waals surface area contributed by atoms with Gasteiger partial charge in [0.1, 0.15) is 17.8 Å². The lowest BCUT2D eigenvalue weighted by Crippen LogP contribution is -2.41. The standard InChI is InChI=1S/C21H24N8O2/c1-13(30)29-6-4-16(5-7-29)27-19-9-18(25-12-26-19)20(31)23-10-14-2-3-17-15(8-14)11-24-21(22)28-17/h2-3,8-9,11-12,16H,4-7,10H2,1H3,(H,23,31)(H2,22,24,28)(H,25,26,27). The molecule has 10 heteroatoms. The second kappa shape index (κ2) is 8.90. The van der Waals surface area contributed by atoms with E-state index in [1.807, 2.05) is 23.1 Å². The van der Waals surface area contributed by atoms with Crippen LogP contribution in [0.4, 0.5) is 11.8 Å². The Morgan fingerprint density at radius 1 is 1.16 bits per heavy atom. The maximum Gasteiger partial charge on any atom is 0.270 e. The highest BCUT2D eigenvalue weighted by molar-refractivity contribution is 5.92. The molecule has 4 N–H and O–H groups in total. The van der Waals surface area contributed by atoms with Gasteiger partial charge in [-0.3, -0.25) is 9.59 Å². The van der Waals surface area contributed by atoms with E-state index in [0.717, 1.165) is 42.4 Å². The summed E-state index contributed by atoms with van der Waals surface area (Å²) in [5.41, 5.74) is 7.56. The van der Waals surface area contributed by atoms with Crippen LogP contribution in [0.2, 0.25) is 0 Å². The van der Waals surface area contributed by atoms with Crippen LogP contribution in [-0.2, 0) is 11.3 Å². The lowest BCUT2D eigenvalue weighted by molar-refractivity contribution is -0.129. The number of anilines is 2. The number of rotatable bonds is 5. The molecule has 0 aliphatic carbocycles. The van der Waals surface area contributed by atoms with E-state index in [-0.39, 0.29) is 29.5 Å². The lowest BCUT2D eigenvalue weighted by atomic mass is 10.1. The maximum atomic E-state index is 12.6. The molecule has 0 spiro atoms. The van der Waals surface area contributed by atoms with E-state index in [1.54, 1.807) is 19.2 Å². The van der Waals surface area contributed by atoms with Crippen molar-refractivity contribution in [1.29, 1.82) is 0 Å². The molecule has 10 nitrogen and oxygen atoms in total. The first kappa shape index (κ1) is 20.5. The third-order valence-electron chi connectivity index (χ3n) is 5.31. The Balaban J connectivity index is 1.35. The van der Waals surface area contributed by atoms with Gasteiger partial charge in [0.05, 0.1) is 5.52 Å². The number of likely N-dealkylation sites (tertiary alicyclic amines) is 1. The van der Waals surface area contributed by atoms with Crippen molar-refractivity contribution in [3.63, 3.8) is 0 Å². The largest absolute Gasteiger partial charge is 0.368 e. The van der Waals surface area contributed by atoms with Crippen molar-refractivity contribution in [1.82, 2.24) is 30.2 Å². The number of hydrogen-bond donors (Lipinski definition) is 3. The SMILES string of the molecule is CC(=O)N1CCC(Nc2cc(C(=O)NCc3ccc4nc(N)ncc4c3)ncn2)CC1. The number of hydrogen-bond acceptors (Lipinski definition) is 8. The number of nitrogens with zero attached hydrogens (tertiary/aromatic N) is 5. The molecule has 1 fully saturated rings. The number of nitrogens with one attached hydrogen (secondary N) is 2. The van der Waals surface area contributed by atoms with Gasteiger partial charge in [-0.15, -0.1) is 0 Å². The Labute approximate surface area is 179 Å². The van der Waals surface area contributed by atoms with E-state index in [4.69, 9.17) is 5.73 Å². The molecule has 0 radical (unpaired) electrons. The minimum Gasteiger partial charge on any atom is -0.368 e. The fraction of sp³-hybridized carbons (Fsp3) is 0.333. The van der Waals surface area contributed by atoms with Crippen LogP contribution < -0.4 is 16.4 Å². The van der Waals surface area contributed by atoms with E-state index in [2.05, 4.69) is 30.6 Å². The number of nitrogen functional groups attached to an aromatic ring is 1. The number of carbonyl (C=O) groups is 2. The molecule has 31 heavy (non-hydrogen) atoms. The molecule has 2 aromatic heterocycles. The van der Waals surface area contributed by atoms with Crippen LogP contribution in [0.25, 0.3) is 10.9 Å². The molecule has 2 amide bonds. The Bertz CT molecular complexity index is 1110. The molecule has 160 valence electrons. The van der Waals surface area contributed by atoms with Gasteiger partial charge >= 0.3 is 0 Å². The summed E-state index contributed by atoms with van der Waals surface area (Å²) in [6.07, 6.45) is 4.71. The van der Waals surface area contributed by atoms with Crippen LogP contribution in [0.5, 0.6) is 0 Å². The second-order valence-electron chi connectivity index (χ2n) is 7.52. The third kappa shape index (κ3) is 5.03. The number of fused-ring (bicyclic) bond motifs is 1. The molecular formula is C21H24N8O2. The van der Waals surface area contributed by atoms with E-state index in [1.165, 1.54) is 6.33 Å². The summed E-state index contributed by atoms with van der Waals surface area (Å²) in [7, 11) is 0. The molecule has 1 saturated heterocycles. The average Bonchev–Trinajstić information content (AvgIpc) is 2.78. The van der Waals surface area contributed by atoms with Gasteiger partial charge in [-0.1, -0.05) is 6.07 Å². The number of carbonyl (C=O) groups excluding carboxylic acids is 2. The zero-order chi connectivity index (χ0) is 21.8. The van der Waals surface area contributed by atoms with Gasteiger partial charge in [0.25, 0.3) is 5.91 Å². The molecule has 3 heterocycles. The topological polar surface area (TPSA) is 139 Å². The Kier molecular flexibility index (Phi) is 5.87. The minimum absolute atomic E-state index is 0.0995. The van der Waals surface area contributed by atoms with Gasteiger partial charge in [0.15, 0.2) is 0 Å². The van der Waals surface area contributed by atoms with Gasteiger partial charge in [-0.05, 0) is 30.5 Å². The molecule has 0 saturated carbocycles. The molecule has 1 aliphatic heterocycles. The van der Waals surface area contributed by atoms with Gasteiger partial charge in [-0.25, -0.2) is 19.9 Å². The highest BCUT2D eigenvalue weighted by atomic mass is 16.2. The van der Waals surface area contributed by atoms with Gasteiger partial charge < -0.3 is 21.3 Å². The molecule has 4 rings (SSSR count). The van der Waals surface area contributed by atoms with Crippen LogP contribution in [-0.4, -0.2) is 55.8 Å². The molecule has 1 aromatic carbocycles. The predicted octanol–water partition coefficient (Wildman–Crippen LogP) is 1.35. The van der Waals surface area contributed by atoms with E-state index in [0.29, 0.717) is 12.4 Å². The molecule has 0 atom stereocenters. The molecule has 1 aliphatic rings. The summed E-state index contributed by atoms with van der Waals surface area (Å²) in [5.74, 6) is 0.640. The zero-order valence-corrected chi connectivity index (χ0v) is 17.2. The van der Waals surface area contributed by atoms with E-state index in [9.17, 15) is 9.59 Å². The third-order valence-corrected chi connectivity index (χ3v) is 5.31. The first-order valence-corrected chi connectivity index (χ1v) is 10.1. The summed E-state index contributed by atoms with van der Waals surface area (Å²) in [6.45, 7) is 3.36. The summed E-state index contributed by atoms with van der Waals surface area (Å²) in [4.78, 5) is 42.3. The van der Waals surface area contributed by atoms with Crippen LogP contribution in [0.1, 0.15) is 35.8 Å². The highest BCUT2D eigenvalue weighted by Gasteiger charge is 2.21. The maximum absolute atomic E-state index is 12.6. The number of nitrogens with two attached hydrogens (primary N) is 1. The number of benzene rings is 1. The van der Waals surface area contributed by atoms with Crippen molar-refractivity contribution in [3.05, 3.63) is 48.0 Å². The zero-order valence-electron chi connectivity index (χ0n) is 17.2. The molecule has 0 unspecified atom stereocenters. The second-order valence-corrected chi connectivity index (χ2v) is 7.52. The van der Waals surface area contributed by atoms with Crippen molar-refractivity contribution in [2.24, 2.45) is 0 Å². The van der Waals surface area contributed by atoms with Crippen molar-refractivity contribution in [2.75, 3.05) is 24.1 Å². The smallest absolute Gasteiger partial charge is 0.270 e. The van der Waals surface area contributed by atoms with Crippen molar-refractivity contribution in [2.45, 2.75) is 32.4 Å². The Hall–Kier alpha value is -3.82. The minimum atomic E-state index is -0.287. The van der Waals surface area contributed by atoms with Gasteiger partial charge in [0, 0.05) is 50.2 Å². The number of piperidine rings is 1. The fourth-order valence-corrected chi connectivity index (χ4v) is 3.59. The van der Waals surface area contributed by atoms with Gasteiger partial charge in [0.2, 0.25) is 11.9 Å². The van der Waals surface area contributed by atoms with Gasteiger partial charge in [-0.2, -0.15) is 0 Å². The average molecular weight is 420 g/mol. The van der Waals surface area contributed by atoms with E-state index < -0.39 is 0 Å². The quantitative estimate of drug-likeness (QED) is 0.562. The van der Waals surface area contributed by atoms with Crippen LogP contribution in [0.15, 0.2) is 36.8 Å². The molecular weight excluding hydrogens is 396 g/mol. The van der Waals surface area contributed by atoms with E-state index >= 15 is 0 Å². The fourth-order valence-electron chi connectivity index (χ4n) is 3.59. The highest BCUT2D eigenvalue weighted by Crippen LogP contribution is 2.16. The summed E-state index contributed by atoms with van der Waals surface area (Å²) >= 11 is 0. The summed E-state index contributed by atoms with van der Waals surface area (Å²) in [6, 6.07) is 7.49.